The molecule has 92 valence electrons. The Morgan fingerprint density at radius 3 is 2.06 bits per heavy atom. The van der Waals surface area contributed by atoms with Crippen LogP contribution in [0.1, 0.15) is 11.1 Å². The summed E-state index contributed by atoms with van der Waals surface area (Å²) >= 11 is 3.83. The van der Waals surface area contributed by atoms with Crippen LogP contribution in [0.2, 0.25) is 0 Å². The highest BCUT2D eigenvalue weighted by molar-refractivity contribution is 8.20. The number of benzene rings is 1. The Morgan fingerprint density at radius 2 is 1.44 bits per heavy atom. The Morgan fingerprint density at radius 1 is 0.889 bits per heavy atom. The fourth-order valence-corrected chi connectivity index (χ4v) is 5.44. The second-order valence-corrected chi connectivity index (χ2v) is 6.93. The lowest BCUT2D eigenvalue weighted by molar-refractivity contribution is 0.627. The number of aromatic nitrogens is 1. The largest absolute Gasteiger partial charge is 0.265 e. The quantitative estimate of drug-likeness (QED) is 0.826. The fraction of sp³-hybridized carbons (Fsp3) is 0.214. The molecule has 0 radical (unpaired) electrons. The average molecular weight is 277 g/mol. The predicted molar refractivity (Wildman–Crippen MR) is 76.3 cm³/mol. The summed E-state index contributed by atoms with van der Waals surface area (Å²) in [6, 6.07) is 11.0. The third kappa shape index (κ3) is 2.04. The van der Waals surface area contributed by atoms with E-state index in [9.17, 15) is 4.39 Å². The number of nitrogens with zero attached hydrogens (tertiary/aromatic N) is 1. The monoisotopic (exact) mass is 277 g/mol. The third-order valence-corrected chi connectivity index (χ3v) is 6.52. The molecule has 18 heavy (non-hydrogen) atoms. The van der Waals surface area contributed by atoms with Gasteiger partial charge in [-0.05, 0) is 35.4 Å². The van der Waals surface area contributed by atoms with Gasteiger partial charge in [-0.25, -0.2) is 4.39 Å². The van der Waals surface area contributed by atoms with E-state index in [1.165, 1.54) is 17.7 Å². The van der Waals surface area contributed by atoms with Crippen LogP contribution in [-0.4, -0.2) is 16.5 Å². The fourth-order valence-electron chi connectivity index (χ4n) is 2.15. The lowest BCUT2D eigenvalue weighted by Crippen LogP contribution is -2.16. The van der Waals surface area contributed by atoms with Crippen LogP contribution < -0.4 is 0 Å². The minimum Gasteiger partial charge on any atom is -0.265 e. The van der Waals surface area contributed by atoms with E-state index in [-0.39, 0.29) is 9.90 Å². The first-order valence-corrected chi connectivity index (χ1v) is 7.73. The molecular weight excluding hydrogens is 265 g/mol. The van der Waals surface area contributed by atoms with Crippen molar-refractivity contribution in [2.24, 2.45) is 0 Å². The van der Waals surface area contributed by atoms with Gasteiger partial charge < -0.3 is 0 Å². The van der Waals surface area contributed by atoms with Crippen molar-refractivity contribution in [1.82, 2.24) is 4.98 Å². The Hall–Kier alpha value is -1.000. The number of rotatable bonds is 2. The van der Waals surface area contributed by atoms with Crippen molar-refractivity contribution < 1.29 is 4.39 Å². The van der Waals surface area contributed by atoms with Crippen molar-refractivity contribution in [3.05, 3.63) is 65.7 Å². The standard InChI is InChI=1S/C14H12FNS2/c15-13-3-1-11(2-4-13)14(17-9-10-18-14)12-5-7-16-8-6-12/h1-8H,9-10H2. The molecule has 1 aromatic carbocycles. The SMILES string of the molecule is Fc1ccc(C2(c3ccncc3)SCCS2)cc1. The van der Waals surface area contributed by atoms with Crippen LogP contribution >= 0.6 is 23.5 Å². The van der Waals surface area contributed by atoms with Crippen LogP contribution in [-0.2, 0) is 4.08 Å². The molecule has 0 atom stereocenters. The van der Waals surface area contributed by atoms with Crippen molar-refractivity contribution in [3.63, 3.8) is 0 Å². The molecule has 1 nitrogen and oxygen atoms in total. The molecule has 0 saturated carbocycles. The van der Waals surface area contributed by atoms with Crippen molar-refractivity contribution in [2.45, 2.75) is 4.08 Å². The highest BCUT2D eigenvalue weighted by Crippen LogP contribution is 2.56. The highest BCUT2D eigenvalue weighted by atomic mass is 32.2. The first-order valence-electron chi connectivity index (χ1n) is 5.76. The average Bonchev–Trinajstić information content (AvgIpc) is 2.91. The van der Waals surface area contributed by atoms with Crippen LogP contribution in [0.15, 0.2) is 48.8 Å². The zero-order chi connectivity index (χ0) is 12.4. The summed E-state index contributed by atoms with van der Waals surface area (Å²) in [5.74, 6) is 2.05. The zero-order valence-electron chi connectivity index (χ0n) is 9.67. The number of hydrogen-bond acceptors (Lipinski definition) is 3. The van der Waals surface area contributed by atoms with E-state index >= 15 is 0 Å². The number of pyridine rings is 1. The Labute approximate surface area is 114 Å². The molecule has 0 unspecified atom stereocenters. The van der Waals surface area contributed by atoms with Gasteiger partial charge in [0.1, 0.15) is 9.90 Å². The number of halogens is 1. The summed E-state index contributed by atoms with van der Waals surface area (Å²) in [4.78, 5) is 4.08. The molecule has 0 aliphatic carbocycles. The minimum absolute atomic E-state index is 0.101. The normalized spacial score (nSPS) is 17.8. The maximum Gasteiger partial charge on any atom is 0.123 e. The van der Waals surface area contributed by atoms with E-state index in [4.69, 9.17) is 0 Å². The van der Waals surface area contributed by atoms with E-state index in [2.05, 4.69) is 17.1 Å². The van der Waals surface area contributed by atoms with Crippen LogP contribution in [0.3, 0.4) is 0 Å². The Kier molecular flexibility index (Phi) is 3.31. The van der Waals surface area contributed by atoms with Gasteiger partial charge in [0.15, 0.2) is 0 Å². The molecule has 1 aromatic heterocycles. The molecule has 1 aliphatic heterocycles. The summed E-state index contributed by atoms with van der Waals surface area (Å²) in [5, 5.41) is 0. The topological polar surface area (TPSA) is 12.9 Å². The molecule has 1 fully saturated rings. The molecule has 1 saturated heterocycles. The maximum absolute atomic E-state index is 13.1. The van der Waals surface area contributed by atoms with Crippen molar-refractivity contribution in [3.8, 4) is 0 Å². The first-order chi connectivity index (χ1) is 8.81. The molecule has 0 amide bonds. The summed E-state index contributed by atoms with van der Waals surface area (Å²) < 4.78 is 13.0. The molecule has 3 rings (SSSR count). The van der Waals surface area contributed by atoms with Crippen molar-refractivity contribution in [2.75, 3.05) is 11.5 Å². The Bertz CT molecular complexity index is 521. The van der Waals surface area contributed by atoms with Gasteiger partial charge in [0, 0.05) is 23.9 Å². The molecule has 0 bridgehead atoms. The summed E-state index contributed by atoms with van der Waals surface area (Å²) in [7, 11) is 0. The first kappa shape index (κ1) is 12.1. The van der Waals surface area contributed by atoms with Crippen molar-refractivity contribution in [1.29, 1.82) is 0 Å². The van der Waals surface area contributed by atoms with E-state index in [1.54, 1.807) is 0 Å². The molecule has 0 spiro atoms. The zero-order valence-corrected chi connectivity index (χ0v) is 11.3. The second-order valence-electron chi connectivity index (χ2n) is 4.06. The maximum atomic E-state index is 13.1. The van der Waals surface area contributed by atoms with Crippen LogP contribution in [0.5, 0.6) is 0 Å². The molecule has 2 heterocycles. The van der Waals surface area contributed by atoms with Crippen LogP contribution in [0, 0.1) is 5.82 Å². The molecule has 4 heteroatoms. The third-order valence-electron chi connectivity index (χ3n) is 2.98. The van der Waals surface area contributed by atoms with Gasteiger partial charge in [0.05, 0.1) is 0 Å². The van der Waals surface area contributed by atoms with Gasteiger partial charge in [0.25, 0.3) is 0 Å². The molecule has 2 aromatic rings. The van der Waals surface area contributed by atoms with Gasteiger partial charge >= 0.3 is 0 Å². The van der Waals surface area contributed by atoms with Gasteiger partial charge in [0.2, 0.25) is 0 Å². The molecular formula is C14H12FNS2. The van der Waals surface area contributed by atoms with Crippen molar-refractivity contribution >= 4 is 23.5 Å². The summed E-state index contributed by atoms with van der Waals surface area (Å²) in [6.45, 7) is 0. The summed E-state index contributed by atoms with van der Waals surface area (Å²) in [6.07, 6.45) is 3.64. The predicted octanol–water partition coefficient (Wildman–Crippen LogP) is 3.90. The Balaban J connectivity index is 2.10. The minimum atomic E-state index is -0.184. The van der Waals surface area contributed by atoms with Gasteiger partial charge in [-0.1, -0.05) is 12.1 Å². The van der Waals surface area contributed by atoms with Crippen LogP contribution in [0.25, 0.3) is 0 Å². The van der Waals surface area contributed by atoms with E-state index < -0.39 is 0 Å². The molecule has 1 aliphatic rings. The summed E-state index contributed by atoms with van der Waals surface area (Å²) in [5.41, 5.74) is 2.39. The van der Waals surface area contributed by atoms with E-state index in [0.29, 0.717) is 0 Å². The van der Waals surface area contributed by atoms with Gasteiger partial charge in [-0.2, -0.15) is 0 Å². The van der Waals surface area contributed by atoms with Crippen LogP contribution in [0.4, 0.5) is 4.39 Å². The van der Waals surface area contributed by atoms with E-state index in [1.807, 2.05) is 48.1 Å². The second kappa shape index (κ2) is 4.94. The van der Waals surface area contributed by atoms with Gasteiger partial charge in [-0.15, -0.1) is 23.5 Å². The van der Waals surface area contributed by atoms with Gasteiger partial charge in [-0.3, -0.25) is 4.98 Å². The lowest BCUT2D eigenvalue weighted by atomic mass is 10.0. The number of hydrogen-bond donors (Lipinski definition) is 0. The lowest BCUT2D eigenvalue weighted by Gasteiger charge is -2.28. The highest BCUT2D eigenvalue weighted by Gasteiger charge is 2.39. The van der Waals surface area contributed by atoms with E-state index in [0.717, 1.165) is 17.1 Å². The number of thioether (sulfide) groups is 2. The smallest absolute Gasteiger partial charge is 0.123 e. The molecule has 0 N–H and O–H groups in total.